The van der Waals surface area contributed by atoms with E-state index in [2.05, 4.69) is 53.4 Å². The van der Waals surface area contributed by atoms with Crippen molar-refractivity contribution in [2.75, 3.05) is 38.1 Å². The molecule has 1 saturated heterocycles. The van der Waals surface area contributed by atoms with E-state index >= 15 is 0 Å². The number of ether oxygens (including phenoxy) is 1. The topological polar surface area (TPSA) is 44.8 Å². The fourth-order valence-corrected chi connectivity index (χ4v) is 3.38. The standard InChI is InChI=1S/C23H31N3O2/c1-4-20-7-5-6-8-22(20)28-18(2)23(27)24-17-19-9-11-21(12-10-19)26-15-13-25(3)14-16-26/h5-12,18H,4,13-17H2,1-3H3,(H,24,27)/t18-/m0/s1. The van der Waals surface area contributed by atoms with Crippen molar-refractivity contribution in [3.05, 3.63) is 59.7 Å². The van der Waals surface area contributed by atoms with Crippen molar-refractivity contribution in [3.63, 3.8) is 0 Å². The average molecular weight is 382 g/mol. The number of piperazine rings is 1. The Balaban J connectivity index is 1.50. The van der Waals surface area contributed by atoms with Gasteiger partial charge in [0.2, 0.25) is 0 Å². The Morgan fingerprint density at radius 2 is 1.75 bits per heavy atom. The maximum atomic E-state index is 12.4. The molecule has 0 aliphatic carbocycles. The van der Waals surface area contributed by atoms with Gasteiger partial charge in [0.05, 0.1) is 0 Å². The summed E-state index contributed by atoms with van der Waals surface area (Å²) in [4.78, 5) is 17.2. The Morgan fingerprint density at radius 1 is 1.07 bits per heavy atom. The third-order valence-corrected chi connectivity index (χ3v) is 5.30. The van der Waals surface area contributed by atoms with Gasteiger partial charge in [0.1, 0.15) is 5.75 Å². The molecule has 1 fully saturated rings. The summed E-state index contributed by atoms with van der Waals surface area (Å²) < 4.78 is 5.87. The molecule has 1 heterocycles. The smallest absolute Gasteiger partial charge is 0.261 e. The molecule has 1 amide bonds. The lowest BCUT2D eigenvalue weighted by molar-refractivity contribution is -0.127. The van der Waals surface area contributed by atoms with Crippen LogP contribution in [0.5, 0.6) is 5.75 Å². The summed E-state index contributed by atoms with van der Waals surface area (Å²) in [5.41, 5.74) is 3.45. The molecule has 1 N–H and O–H groups in total. The highest BCUT2D eigenvalue weighted by Crippen LogP contribution is 2.20. The fourth-order valence-electron chi connectivity index (χ4n) is 3.38. The average Bonchev–Trinajstić information content (AvgIpc) is 2.73. The van der Waals surface area contributed by atoms with Crippen molar-refractivity contribution in [2.24, 2.45) is 0 Å². The molecule has 5 nitrogen and oxygen atoms in total. The van der Waals surface area contributed by atoms with Crippen LogP contribution in [0.3, 0.4) is 0 Å². The van der Waals surface area contributed by atoms with Crippen molar-refractivity contribution in [1.29, 1.82) is 0 Å². The molecule has 0 bridgehead atoms. The molecule has 28 heavy (non-hydrogen) atoms. The van der Waals surface area contributed by atoms with Crippen molar-refractivity contribution in [1.82, 2.24) is 10.2 Å². The number of hydrogen-bond acceptors (Lipinski definition) is 4. The molecule has 0 radical (unpaired) electrons. The van der Waals surface area contributed by atoms with Gasteiger partial charge in [-0.05, 0) is 49.7 Å². The van der Waals surface area contributed by atoms with E-state index in [0.717, 1.165) is 49.5 Å². The summed E-state index contributed by atoms with van der Waals surface area (Å²) in [6.07, 6.45) is 0.349. The third-order valence-electron chi connectivity index (χ3n) is 5.30. The molecular weight excluding hydrogens is 350 g/mol. The number of carbonyl (C=O) groups is 1. The molecule has 0 spiro atoms. The highest BCUT2D eigenvalue weighted by Gasteiger charge is 2.16. The number of nitrogens with zero attached hydrogens (tertiary/aromatic N) is 2. The van der Waals surface area contributed by atoms with Crippen LogP contribution in [0.15, 0.2) is 48.5 Å². The summed E-state index contributed by atoms with van der Waals surface area (Å²) in [6, 6.07) is 16.3. The predicted octanol–water partition coefficient (Wildman–Crippen LogP) is 3.08. The zero-order valence-corrected chi connectivity index (χ0v) is 17.1. The first-order valence-corrected chi connectivity index (χ1v) is 10.1. The number of likely N-dealkylation sites (N-methyl/N-ethyl adjacent to an activating group) is 1. The van der Waals surface area contributed by atoms with Crippen LogP contribution in [-0.4, -0.2) is 50.1 Å². The number of nitrogens with one attached hydrogen (secondary N) is 1. The zero-order chi connectivity index (χ0) is 19.9. The first kappa shape index (κ1) is 20.2. The Morgan fingerprint density at radius 3 is 2.43 bits per heavy atom. The number of amides is 1. The number of rotatable bonds is 7. The largest absolute Gasteiger partial charge is 0.481 e. The second kappa shape index (κ2) is 9.60. The van der Waals surface area contributed by atoms with E-state index in [9.17, 15) is 4.79 Å². The number of aryl methyl sites for hydroxylation is 1. The fraction of sp³-hybridized carbons (Fsp3) is 0.435. The third kappa shape index (κ3) is 5.26. The lowest BCUT2D eigenvalue weighted by Crippen LogP contribution is -2.44. The summed E-state index contributed by atoms with van der Waals surface area (Å²) in [5, 5.41) is 2.98. The van der Waals surface area contributed by atoms with Gasteiger partial charge < -0.3 is 19.9 Å². The van der Waals surface area contributed by atoms with Gasteiger partial charge in [-0.1, -0.05) is 37.3 Å². The van der Waals surface area contributed by atoms with E-state index in [1.807, 2.05) is 24.3 Å². The summed E-state index contributed by atoms with van der Waals surface area (Å²) in [6.45, 7) is 8.68. The molecule has 0 unspecified atom stereocenters. The van der Waals surface area contributed by atoms with Gasteiger partial charge in [-0.2, -0.15) is 0 Å². The summed E-state index contributed by atoms with van der Waals surface area (Å²) in [7, 11) is 2.16. The van der Waals surface area contributed by atoms with Crippen LogP contribution < -0.4 is 15.0 Å². The van der Waals surface area contributed by atoms with E-state index in [0.29, 0.717) is 6.54 Å². The van der Waals surface area contributed by atoms with Crippen LogP contribution in [0.1, 0.15) is 25.0 Å². The van der Waals surface area contributed by atoms with Gasteiger partial charge in [-0.25, -0.2) is 0 Å². The number of hydrogen-bond donors (Lipinski definition) is 1. The van der Waals surface area contributed by atoms with Gasteiger partial charge >= 0.3 is 0 Å². The molecular formula is C23H31N3O2. The number of benzene rings is 2. The predicted molar refractivity (Wildman–Crippen MR) is 114 cm³/mol. The molecule has 1 atom stereocenters. The minimum Gasteiger partial charge on any atom is -0.481 e. The molecule has 5 heteroatoms. The van der Waals surface area contributed by atoms with Gasteiger partial charge in [0, 0.05) is 38.4 Å². The van der Waals surface area contributed by atoms with Crippen LogP contribution >= 0.6 is 0 Å². The van der Waals surface area contributed by atoms with Gasteiger partial charge in [-0.3, -0.25) is 4.79 Å². The van der Waals surface area contributed by atoms with Crippen LogP contribution in [0, 0.1) is 0 Å². The highest BCUT2D eigenvalue weighted by molar-refractivity contribution is 5.80. The summed E-state index contributed by atoms with van der Waals surface area (Å²) >= 11 is 0. The van der Waals surface area contributed by atoms with E-state index < -0.39 is 6.10 Å². The maximum absolute atomic E-state index is 12.4. The van der Waals surface area contributed by atoms with Gasteiger partial charge in [0.25, 0.3) is 5.91 Å². The first-order valence-electron chi connectivity index (χ1n) is 10.1. The van der Waals surface area contributed by atoms with Crippen LogP contribution in [-0.2, 0) is 17.8 Å². The van der Waals surface area contributed by atoms with Gasteiger partial charge in [0.15, 0.2) is 6.10 Å². The normalized spacial score (nSPS) is 15.9. The van der Waals surface area contributed by atoms with Crippen molar-refractivity contribution in [2.45, 2.75) is 32.9 Å². The minimum atomic E-state index is -0.530. The number of anilines is 1. The molecule has 3 rings (SSSR count). The van der Waals surface area contributed by atoms with E-state index in [1.54, 1.807) is 6.92 Å². The molecule has 0 saturated carbocycles. The van der Waals surface area contributed by atoms with Crippen LogP contribution in [0.4, 0.5) is 5.69 Å². The van der Waals surface area contributed by atoms with Crippen LogP contribution in [0.2, 0.25) is 0 Å². The minimum absolute atomic E-state index is 0.103. The summed E-state index contributed by atoms with van der Waals surface area (Å²) in [5.74, 6) is 0.679. The molecule has 2 aromatic rings. The monoisotopic (exact) mass is 381 g/mol. The number of para-hydroxylation sites is 1. The maximum Gasteiger partial charge on any atom is 0.261 e. The second-order valence-corrected chi connectivity index (χ2v) is 7.40. The van der Waals surface area contributed by atoms with Crippen molar-refractivity contribution >= 4 is 11.6 Å². The van der Waals surface area contributed by atoms with E-state index in [-0.39, 0.29) is 5.91 Å². The molecule has 150 valence electrons. The van der Waals surface area contributed by atoms with Crippen LogP contribution in [0.25, 0.3) is 0 Å². The van der Waals surface area contributed by atoms with E-state index in [1.165, 1.54) is 5.69 Å². The Labute approximate surface area is 168 Å². The molecule has 1 aliphatic rings. The second-order valence-electron chi connectivity index (χ2n) is 7.40. The molecule has 0 aromatic heterocycles. The Bertz CT molecular complexity index is 768. The van der Waals surface area contributed by atoms with Crippen molar-refractivity contribution in [3.8, 4) is 5.75 Å². The SMILES string of the molecule is CCc1ccccc1O[C@@H](C)C(=O)NCc1ccc(N2CCN(C)CC2)cc1. The number of carbonyl (C=O) groups excluding carboxylic acids is 1. The Kier molecular flexibility index (Phi) is 6.93. The van der Waals surface area contributed by atoms with Gasteiger partial charge in [-0.15, -0.1) is 0 Å². The first-order chi connectivity index (χ1) is 13.6. The van der Waals surface area contributed by atoms with E-state index in [4.69, 9.17) is 4.74 Å². The highest BCUT2D eigenvalue weighted by atomic mass is 16.5. The zero-order valence-electron chi connectivity index (χ0n) is 17.1. The lowest BCUT2D eigenvalue weighted by atomic mass is 10.1. The molecule has 2 aromatic carbocycles. The quantitative estimate of drug-likeness (QED) is 0.801. The molecule has 1 aliphatic heterocycles. The van der Waals surface area contributed by atoms with Crippen molar-refractivity contribution < 1.29 is 9.53 Å². The lowest BCUT2D eigenvalue weighted by Gasteiger charge is -2.34. The Hall–Kier alpha value is -2.53.